The van der Waals surface area contributed by atoms with Crippen LogP contribution in [0.1, 0.15) is 33.9 Å². The van der Waals surface area contributed by atoms with Crippen LogP contribution in [0, 0.1) is 20.8 Å². The third kappa shape index (κ3) is 2.68. The summed E-state index contributed by atoms with van der Waals surface area (Å²) in [6.07, 6.45) is 0. The first-order chi connectivity index (χ1) is 9.06. The molecule has 19 heavy (non-hydrogen) atoms. The highest BCUT2D eigenvalue weighted by Gasteiger charge is 2.17. The summed E-state index contributed by atoms with van der Waals surface area (Å²) in [6, 6.07) is 12.7. The molecule has 0 saturated heterocycles. The second-order valence-corrected chi connectivity index (χ2v) is 5.37. The first kappa shape index (κ1) is 14.1. The first-order valence-corrected chi connectivity index (χ1v) is 6.92. The number of hydrogen-bond donors (Lipinski definition) is 1. The molecule has 0 aliphatic heterocycles. The standard InChI is InChI=1S/C17H20ClN/c1-11-7-5-8-14(12(11)2)17(19-4)15-9-6-10-16(18)13(15)3/h5-10,17,19H,1-4H3. The predicted molar refractivity (Wildman–Crippen MR) is 83.0 cm³/mol. The molecule has 0 saturated carbocycles. The van der Waals surface area contributed by atoms with Gasteiger partial charge in [-0.15, -0.1) is 0 Å². The van der Waals surface area contributed by atoms with Crippen molar-refractivity contribution in [2.45, 2.75) is 26.8 Å². The fraction of sp³-hybridized carbons (Fsp3) is 0.294. The summed E-state index contributed by atoms with van der Waals surface area (Å²) in [5, 5.41) is 4.23. The van der Waals surface area contributed by atoms with Crippen molar-refractivity contribution in [1.29, 1.82) is 0 Å². The van der Waals surface area contributed by atoms with Crippen LogP contribution in [0.25, 0.3) is 0 Å². The molecule has 0 aliphatic rings. The molecule has 2 aromatic rings. The van der Waals surface area contributed by atoms with Crippen molar-refractivity contribution in [2.75, 3.05) is 7.05 Å². The van der Waals surface area contributed by atoms with Crippen molar-refractivity contribution in [3.05, 3.63) is 69.2 Å². The molecule has 1 atom stereocenters. The lowest BCUT2D eigenvalue weighted by Gasteiger charge is -2.22. The molecule has 0 aromatic heterocycles. The van der Waals surface area contributed by atoms with E-state index >= 15 is 0 Å². The number of nitrogens with one attached hydrogen (secondary N) is 1. The van der Waals surface area contributed by atoms with Crippen molar-refractivity contribution < 1.29 is 0 Å². The van der Waals surface area contributed by atoms with Crippen LogP contribution in [0.4, 0.5) is 0 Å². The van der Waals surface area contributed by atoms with E-state index in [0.717, 1.165) is 10.6 Å². The molecule has 100 valence electrons. The van der Waals surface area contributed by atoms with Crippen LogP contribution in [0.3, 0.4) is 0 Å². The second kappa shape index (κ2) is 5.77. The van der Waals surface area contributed by atoms with E-state index < -0.39 is 0 Å². The monoisotopic (exact) mass is 273 g/mol. The van der Waals surface area contributed by atoms with Crippen LogP contribution >= 0.6 is 11.6 Å². The van der Waals surface area contributed by atoms with Gasteiger partial charge in [-0.1, -0.05) is 41.9 Å². The molecular weight excluding hydrogens is 254 g/mol. The molecule has 0 amide bonds. The summed E-state index contributed by atoms with van der Waals surface area (Å²) < 4.78 is 0. The topological polar surface area (TPSA) is 12.0 Å². The number of benzene rings is 2. The van der Waals surface area contributed by atoms with E-state index in [1.54, 1.807) is 0 Å². The van der Waals surface area contributed by atoms with E-state index in [2.05, 4.69) is 50.4 Å². The highest BCUT2D eigenvalue weighted by Crippen LogP contribution is 2.30. The van der Waals surface area contributed by atoms with E-state index in [-0.39, 0.29) is 6.04 Å². The predicted octanol–water partition coefficient (Wildman–Crippen LogP) is 4.57. The normalized spacial score (nSPS) is 12.5. The highest BCUT2D eigenvalue weighted by atomic mass is 35.5. The van der Waals surface area contributed by atoms with Gasteiger partial charge in [-0.3, -0.25) is 0 Å². The van der Waals surface area contributed by atoms with Crippen LogP contribution in [-0.2, 0) is 0 Å². The fourth-order valence-corrected chi connectivity index (χ4v) is 2.68. The van der Waals surface area contributed by atoms with Gasteiger partial charge in [-0.05, 0) is 61.7 Å². The highest BCUT2D eigenvalue weighted by molar-refractivity contribution is 6.31. The molecule has 1 nitrogen and oxygen atoms in total. The van der Waals surface area contributed by atoms with Crippen molar-refractivity contribution >= 4 is 11.6 Å². The van der Waals surface area contributed by atoms with Crippen LogP contribution in [-0.4, -0.2) is 7.05 Å². The molecule has 0 radical (unpaired) electrons. The molecule has 2 heteroatoms. The molecular formula is C17H20ClN. The summed E-state index contributed by atoms with van der Waals surface area (Å²) in [7, 11) is 1.99. The van der Waals surface area contributed by atoms with Gasteiger partial charge in [0.1, 0.15) is 0 Å². The van der Waals surface area contributed by atoms with Gasteiger partial charge >= 0.3 is 0 Å². The quantitative estimate of drug-likeness (QED) is 0.863. The van der Waals surface area contributed by atoms with Crippen LogP contribution in [0.2, 0.25) is 5.02 Å². The Morgan fingerprint density at radius 2 is 1.47 bits per heavy atom. The Balaban J connectivity index is 2.57. The lowest BCUT2D eigenvalue weighted by Crippen LogP contribution is -2.20. The van der Waals surface area contributed by atoms with Gasteiger partial charge in [-0.25, -0.2) is 0 Å². The molecule has 2 rings (SSSR count). The van der Waals surface area contributed by atoms with E-state index in [1.807, 2.05) is 19.2 Å². The minimum atomic E-state index is 0.179. The number of aryl methyl sites for hydroxylation is 1. The molecule has 0 bridgehead atoms. The van der Waals surface area contributed by atoms with E-state index in [0.29, 0.717) is 0 Å². The third-order valence-corrected chi connectivity index (χ3v) is 4.28. The summed E-state index contributed by atoms with van der Waals surface area (Å²) in [6.45, 7) is 6.40. The molecule has 0 heterocycles. The zero-order valence-corrected chi connectivity index (χ0v) is 12.7. The largest absolute Gasteiger partial charge is 0.309 e. The Morgan fingerprint density at radius 3 is 2.11 bits per heavy atom. The van der Waals surface area contributed by atoms with Crippen molar-refractivity contribution in [3.8, 4) is 0 Å². The van der Waals surface area contributed by atoms with Crippen molar-refractivity contribution in [3.63, 3.8) is 0 Å². The summed E-state index contributed by atoms with van der Waals surface area (Å²) in [4.78, 5) is 0. The second-order valence-electron chi connectivity index (χ2n) is 4.96. The van der Waals surface area contributed by atoms with Crippen molar-refractivity contribution in [1.82, 2.24) is 5.32 Å². The number of halogens is 1. The lowest BCUT2D eigenvalue weighted by molar-refractivity contribution is 0.682. The van der Waals surface area contributed by atoms with Gasteiger partial charge in [0.25, 0.3) is 0 Å². The Hall–Kier alpha value is -1.31. The molecule has 2 aromatic carbocycles. The minimum Gasteiger partial charge on any atom is -0.309 e. The third-order valence-electron chi connectivity index (χ3n) is 3.87. The zero-order valence-electron chi connectivity index (χ0n) is 11.9. The van der Waals surface area contributed by atoms with Gasteiger partial charge in [0.2, 0.25) is 0 Å². The Labute approximate surface area is 120 Å². The Bertz CT molecular complexity index is 538. The molecule has 1 unspecified atom stereocenters. The molecule has 0 fully saturated rings. The van der Waals surface area contributed by atoms with Gasteiger partial charge < -0.3 is 5.32 Å². The lowest BCUT2D eigenvalue weighted by atomic mass is 9.90. The first-order valence-electron chi connectivity index (χ1n) is 6.54. The van der Waals surface area contributed by atoms with Crippen LogP contribution in [0.15, 0.2) is 36.4 Å². The zero-order chi connectivity index (χ0) is 14.0. The van der Waals surface area contributed by atoms with Gasteiger partial charge in [0.05, 0.1) is 6.04 Å². The Kier molecular flexibility index (Phi) is 4.28. The van der Waals surface area contributed by atoms with Gasteiger partial charge in [0.15, 0.2) is 0 Å². The Morgan fingerprint density at radius 1 is 0.895 bits per heavy atom. The van der Waals surface area contributed by atoms with Crippen LogP contribution in [0.5, 0.6) is 0 Å². The average molecular weight is 274 g/mol. The summed E-state index contributed by atoms with van der Waals surface area (Å²) >= 11 is 6.25. The number of hydrogen-bond acceptors (Lipinski definition) is 1. The number of rotatable bonds is 3. The maximum Gasteiger partial charge on any atom is 0.0580 e. The summed E-state index contributed by atoms with van der Waals surface area (Å²) in [5.41, 5.74) is 6.35. The van der Waals surface area contributed by atoms with E-state index in [4.69, 9.17) is 11.6 Å². The maximum atomic E-state index is 6.25. The van der Waals surface area contributed by atoms with Crippen molar-refractivity contribution in [2.24, 2.45) is 0 Å². The maximum absolute atomic E-state index is 6.25. The van der Waals surface area contributed by atoms with Gasteiger partial charge in [-0.2, -0.15) is 0 Å². The SMILES string of the molecule is CNC(c1cccc(C)c1C)c1cccc(Cl)c1C. The van der Waals surface area contributed by atoms with Gasteiger partial charge in [0, 0.05) is 5.02 Å². The molecule has 0 spiro atoms. The fourth-order valence-electron chi connectivity index (χ4n) is 2.50. The molecule has 1 N–H and O–H groups in total. The minimum absolute atomic E-state index is 0.179. The van der Waals surface area contributed by atoms with E-state index in [9.17, 15) is 0 Å². The molecule has 0 aliphatic carbocycles. The summed E-state index contributed by atoms with van der Waals surface area (Å²) in [5.74, 6) is 0. The van der Waals surface area contributed by atoms with Crippen LogP contribution < -0.4 is 5.32 Å². The smallest absolute Gasteiger partial charge is 0.0580 e. The van der Waals surface area contributed by atoms with E-state index in [1.165, 1.54) is 22.3 Å². The average Bonchev–Trinajstić information content (AvgIpc) is 2.40.